The molecule has 0 unspecified atom stereocenters. The molecule has 0 saturated carbocycles. The molecule has 80 valence electrons. The van der Waals surface area contributed by atoms with Gasteiger partial charge in [-0.1, -0.05) is 0 Å². The van der Waals surface area contributed by atoms with E-state index in [1.807, 2.05) is 38.1 Å². The Hall–Kier alpha value is 0.243. The van der Waals surface area contributed by atoms with Gasteiger partial charge >= 0.3 is 30.0 Å². The molecule has 1 rings (SSSR count). The van der Waals surface area contributed by atoms with Gasteiger partial charge in [-0.05, 0) is 13.8 Å². The van der Waals surface area contributed by atoms with E-state index in [4.69, 9.17) is 9.47 Å². The molecule has 0 fully saturated rings. The van der Waals surface area contributed by atoms with E-state index in [9.17, 15) is 0 Å². The Balaban J connectivity index is 0.000000921. The Labute approximate surface area is 108 Å². The third-order valence-corrected chi connectivity index (χ3v) is 1.64. The first-order chi connectivity index (χ1) is 7.38. The van der Waals surface area contributed by atoms with Gasteiger partial charge in [0.15, 0.2) is 0 Å². The molecule has 0 bridgehead atoms. The van der Waals surface area contributed by atoms with Crippen molar-refractivity contribution in [1.82, 2.24) is 0 Å². The summed E-state index contributed by atoms with van der Waals surface area (Å²) in [6.45, 7) is 5.22. The van der Waals surface area contributed by atoms with Crippen LogP contribution in [0.15, 0.2) is 24.3 Å². The molecular weight excluding hydrogens is 309 g/mol. The predicted molar refractivity (Wildman–Crippen MR) is 60.2 cm³/mol. The fourth-order valence-corrected chi connectivity index (χ4v) is 1.10. The summed E-state index contributed by atoms with van der Waals surface area (Å²) in [6, 6.07) is 10.7. The van der Waals surface area contributed by atoms with Gasteiger partial charge in [-0.2, -0.15) is 30.3 Å². The number of hydrogen-bond acceptors (Lipinski definition) is 2. The van der Waals surface area contributed by atoms with E-state index in [1.165, 1.54) is 16.3 Å². The van der Waals surface area contributed by atoms with Gasteiger partial charge in [-0.25, -0.2) is 0 Å². The molecule has 0 radical (unpaired) electrons. The third-order valence-electron chi connectivity index (χ3n) is 1.64. The van der Waals surface area contributed by atoms with Crippen molar-refractivity contribution >= 4 is 13.6 Å². The normalized spacial score (nSPS) is 9.73. The minimum atomic E-state index is -0.243. The van der Waals surface area contributed by atoms with Gasteiger partial charge in [0.25, 0.3) is 0 Å². The van der Waals surface area contributed by atoms with Crippen molar-refractivity contribution in [1.29, 1.82) is 0 Å². The average Bonchev–Trinajstić information content (AvgIpc) is 2.33. The molecule has 0 N–H and O–H groups in total. The third kappa shape index (κ3) is 6.42. The summed E-state index contributed by atoms with van der Waals surface area (Å²) in [5.41, 5.74) is 1.02. The summed E-state index contributed by atoms with van der Waals surface area (Å²) in [5, 5.41) is 0. The van der Waals surface area contributed by atoms with E-state index in [0.717, 1.165) is 5.56 Å². The number of halogens is 1. The molecule has 0 spiro atoms. The van der Waals surface area contributed by atoms with Crippen LogP contribution in [-0.2, 0) is 25.8 Å². The molecule has 0 atom stereocenters. The van der Waals surface area contributed by atoms with Gasteiger partial charge in [-0.15, -0.1) is 5.56 Å². The standard InChI is InChI=1S/C11H15O2.BrH.Zn/c1-3-12-11(13-4-2)10-8-6-5-7-9-10;;/h5-6,8-9,11H,3-4H2,1-2H3;1H;/q-1;;+2/p-1. The van der Waals surface area contributed by atoms with Crippen LogP contribution in [0, 0.1) is 6.07 Å². The second-order valence-electron chi connectivity index (χ2n) is 2.58. The molecule has 0 heterocycles. The maximum absolute atomic E-state index is 5.43. The molecule has 0 aromatic heterocycles. The number of benzene rings is 1. The summed E-state index contributed by atoms with van der Waals surface area (Å²) < 4.78 is 10.9. The zero-order chi connectivity index (χ0) is 11.5. The van der Waals surface area contributed by atoms with Crippen LogP contribution in [0.4, 0.5) is 0 Å². The Bertz CT molecular complexity index is 225. The zero-order valence-electron chi connectivity index (χ0n) is 9.20. The van der Waals surface area contributed by atoms with Crippen LogP contribution in [0.25, 0.3) is 0 Å². The molecular formula is C11H15BrO2Zn. The van der Waals surface area contributed by atoms with Gasteiger partial charge in [0.1, 0.15) is 6.29 Å². The van der Waals surface area contributed by atoms with Gasteiger partial charge in [0.05, 0.1) is 0 Å². The molecule has 1 aromatic rings. The van der Waals surface area contributed by atoms with Crippen LogP contribution in [-0.4, -0.2) is 13.2 Å². The van der Waals surface area contributed by atoms with Crippen LogP contribution in [0.3, 0.4) is 0 Å². The first-order valence-corrected chi connectivity index (χ1v) is 11.8. The van der Waals surface area contributed by atoms with E-state index in [1.54, 1.807) is 0 Å². The molecule has 0 aliphatic carbocycles. The fourth-order valence-electron chi connectivity index (χ4n) is 1.10. The number of hydrogen-bond donors (Lipinski definition) is 0. The summed E-state index contributed by atoms with van der Waals surface area (Å²) in [5.74, 6) is 0. The summed E-state index contributed by atoms with van der Waals surface area (Å²) in [4.78, 5) is 0. The van der Waals surface area contributed by atoms with Crippen LogP contribution >= 0.6 is 13.6 Å². The van der Waals surface area contributed by atoms with Crippen molar-refractivity contribution in [2.24, 2.45) is 0 Å². The summed E-state index contributed by atoms with van der Waals surface area (Å²) in [6.07, 6.45) is -0.243. The first kappa shape index (κ1) is 15.2. The van der Waals surface area contributed by atoms with Gasteiger partial charge in [0.2, 0.25) is 0 Å². The van der Waals surface area contributed by atoms with Crippen molar-refractivity contribution in [2.75, 3.05) is 13.2 Å². The van der Waals surface area contributed by atoms with Crippen LogP contribution in [0.2, 0.25) is 0 Å². The van der Waals surface area contributed by atoms with Crippen molar-refractivity contribution < 1.29 is 25.8 Å². The van der Waals surface area contributed by atoms with E-state index >= 15 is 0 Å². The van der Waals surface area contributed by atoms with Crippen molar-refractivity contribution in [3.05, 3.63) is 35.9 Å². The van der Waals surface area contributed by atoms with Crippen LogP contribution in [0.5, 0.6) is 0 Å². The monoisotopic (exact) mass is 322 g/mol. The summed E-state index contributed by atoms with van der Waals surface area (Å²) >= 11 is 4.25. The molecule has 0 saturated heterocycles. The number of rotatable bonds is 5. The topological polar surface area (TPSA) is 18.5 Å². The molecule has 0 aliphatic heterocycles. The van der Waals surface area contributed by atoms with E-state index in [-0.39, 0.29) is 6.29 Å². The quantitative estimate of drug-likeness (QED) is 0.469. The SMILES string of the molecule is CCOC(OCC)c1c[c-]ccc1.[Zn+][Br]. The van der Waals surface area contributed by atoms with Gasteiger partial charge in [-0.3, -0.25) is 0 Å². The molecule has 0 amide bonds. The maximum atomic E-state index is 5.43. The van der Waals surface area contributed by atoms with E-state index in [0.29, 0.717) is 13.2 Å². The van der Waals surface area contributed by atoms with Crippen LogP contribution < -0.4 is 0 Å². The van der Waals surface area contributed by atoms with Crippen molar-refractivity contribution in [3.63, 3.8) is 0 Å². The average molecular weight is 325 g/mol. The minimum absolute atomic E-state index is 0.243. The second kappa shape index (κ2) is 10.8. The van der Waals surface area contributed by atoms with E-state index < -0.39 is 0 Å². The Kier molecular flexibility index (Phi) is 10.9. The molecule has 1 aromatic carbocycles. The molecule has 2 nitrogen and oxygen atoms in total. The Morgan fingerprint density at radius 3 is 2.33 bits per heavy atom. The van der Waals surface area contributed by atoms with Crippen molar-refractivity contribution in [2.45, 2.75) is 20.1 Å². The van der Waals surface area contributed by atoms with Gasteiger partial charge in [0, 0.05) is 13.2 Å². The fraction of sp³-hybridized carbons (Fsp3) is 0.455. The van der Waals surface area contributed by atoms with Crippen molar-refractivity contribution in [3.8, 4) is 0 Å². The Morgan fingerprint density at radius 1 is 1.33 bits per heavy atom. The summed E-state index contributed by atoms with van der Waals surface area (Å²) in [7, 11) is 0. The van der Waals surface area contributed by atoms with E-state index in [2.05, 4.69) is 19.7 Å². The molecule has 15 heavy (non-hydrogen) atoms. The molecule has 0 aliphatic rings. The van der Waals surface area contributed by atoms with Crippen LogP contribution in [0.1, 0.15) is 25.7 Å². The zero-order valence-corrected chi connectivity index (χ0v) is 13.8. The predicted octanol–water partition coefficient (Wildman–Crippen LogP) is 3.40. The van der Waals surface area contributed by atoms with Gasteiger partial charge < -0.3 is 9.47 Å². The molecule has 4 heteroatoms. The second-order valence-corrected chi connectivity index (χ2v) is 2.58. The Morgan fingerprint density at radius 2 is 1.93 bits per heavy atom. The first-order valence-electron chi connectivity index (χ1n) is 4.84. The number of ether oxygens (including phenoxy) is 2.